The third kappa shape index (κ3) is 6.58. The van der Waals surface area contributed by atoms with Crippen LogP contribution < -0.4 is 0 Å². The van der Waals surface area contributed by atoms with E-state index in [0.717, 1.165) is 32.3 Å². The Morgan fingerprint density at radius 2 is 2.08 bits per heavy atom. The lowest BCUT2D eigenvalue weighted by molar-refractivity contribution is 0.131. The molecule has 3 heteroatoms. The maximum atomic E-state index is 5.63. The van der Waals surface area contributed by atoms with E-state index in [0.29, 0.717) is 0 Å². The number of rotatable bonds is 8. The van der Waals surface area contributed by atoms with Gasteiger partial charge >= 0.3 is 0 Å². The normalized spacial score (nSPS) is 12.8. The molecule has 0 aliphatic heterocycles. The van der Waals surface area contributed by atoms with Gasteiger partial charge in [0.25, 0.3) is 0 Å². The molecule has 0 aromatic carbocycles. The fraction of sp³-hybridized carbons (Fsp3) is 0.778. The fourth-order valence-electron chi connectivity index (χ4n) is 0.893. The van der Waals surface area contributed by atoms with Crippen LogP contribution in [0.3, 0.4) is 0 Å². The number of ether oxygens (including phenoxy) is 1. The summed E-state index contributed by atoms with van der Waals surface area (Å²) in [5.41, 5.74) is 1.99. The van der Waals surface area contributed by atoms with Crippen molar-refractivity contribution < 1.29 is 9.16 Å². The van der Waals surface area contributed by atoms with Gasteiger partial charge in [-0.1, -0.05) is 12.6 Å². The molecule has 0 bridgehead atoms. The highest BCUT2D eigenvalue weighted by molar-refractivity contribution is 6.57. The van der Waals surface area contributed by atoms with Crippen LogP contribution in [0.1, 0.15) is 20.3 Å². The van der Waals surface area contributed by atoms with Gasteiger partial charge in [-0.15, -0.1) is 6.58 Å². The third-order valence-electron chi connectivity index (χ3n) is 1.63. The molecule has 0 radical (unpaired) electrons. The standard InChI is InChI=1S/C9H20O2Si/c1-4-10-8-7-9-11-12(5-2)6-3/h5,12H,2,4,6-9H2,1,3H3. The minimum Gasteiger partial charge on any atom is -0.416 e. The topological polar surface area (TPSA) is 18.5 Å². The SMILES string of the molecule is C=C[SiH](CC)OCCCOCC. The molecule has 72 valence electrons. The summed E-state index contributed by atoms with van der Waals surface area (Å²) in [6.07, 6.45) is 1.01. The average molecular weight is 188 g/mol. The van der Waals surface area contributed by atoms with Crippen molar-refractivity contribution in [3.05, 3.63) is 12.3 Å². The zero-order valence-corrected chi connectivity index (χ0v) is 9.37. The van der Waals surface area contributed by atoms with Gasteiger partial charge in [0, 0.05) is 19.8 Å². The summed E-state index contributed by atoms with van der Waals surface area (Å²) in [5, 5.41) is 0. The minimum atomic E-state index is -1.04. The van der Waals surface area contributed by atoms with E-state index >= 15 is 0 Å². The first-order valence-corrected chi connectivity index (χ1v) is 6.62. The zero-order valence-electron chi connectivity index (χ0n) is 8.21. The van der Waals surface area contributed by atoms with Crippen molar-refractivity contribution in [1.82, 2.24) is 0 Å². The van der Waals surface area contributed by atoms with Crippen LogP contribution in [0.15, 0.2) is 12.3 Å². The Hall–Kier alpha value is -0.123. The van der Waals surface area contributed by atoms with Crippen molar-refractivity contribution in [2.24, 2.45) is 0 Å². The van der Waals surface area contributed by atoms with Crippen LogP contribution in [0, 0.1) is 0 Å². The molecular formula is C9H20O2Si. The van der Waals surface area contributed by atoms with Crippen molar-refractivity contribution >= 4 is 9.04 Å². The highest BCUT2D eigenvalue weighted by Crippen LogP contribution is 1.96. The van der Waals surface area contributed by atoms with E-state index in [9.17, 15) is 0 Å². The third-order valence-corrected chi connectivity index (χ3v) is 3.63. The molecule has 0 saturated carbocycles. The summed E-state index contributed by atoms with van der Waals surface area (Å²) in [4.78, 5) is 0. The van der Waals surface area contributed by atoms with Crippen LogP contribution >= 0.6 is 0 Å². The van der Waals surface area contributed by atoms with Crippen molar-refractivity contribution in [3.8, 4) is 0 Å². The van der Waals surface area contributed by atoms with E-state index in [1.54, 1.807) is 0 Å². The summed E-state index contributed by atoms with van der Waals surface area (Å²) < 4.78 is 10.8. The molecular weight excluding hydrogens is 168 g/mol. The van der Waals surface area contributed by atoms with Crippen LogP contribution in [0.25, 0.3) is 0 Å². The largest absolute Gasteiger partial charge is 0.416 e. The smallest absolute Gasteiger partial charge is 0.200 e. The molecule has 12 heavy (non-hydrogen) atoms. The van der Waals surface area contributed by atoms with Gasteiger partial charge in [-0.2, -0.15) is 0 Å². The Bertz CT molecular complexity index is 107. The molecule has 1 atom stereocenters. The molecule has 1 unspecified atom stereocenters. The Morgan fingerprint density at radius 1 is 1.33 bits per heavy atom. The van der Waals surface area contributed by atoms with Gasteiger partial charge in [0.2, 0.25) is 0 Å². The lowest BCUT2D eigenvalue weighted by Gasteiger charge is -2.09. The van der Waals surface area contributed by atoms with E-state index in [-0.39, 0.29) is 0 Å². The van der Waals surface area contributed by atoms with E-state index in [1.807, 2.05) is 12.6 Å². The second kappa shape index (κ2) is 8.97. The van der Waals surface area contributed by atoms with Gasteiger partial charge < -0.3 is 9.16 Å². The maximum Gasteiger partial charge on any atom is 0.200 e. The first-order chi connectivity index (χ1) is 5.85. The van der Waals surface area contributed by atoms with Gasteiger partial charge in [0.15, 0.2) is 9.04 Å². The van der Waals surface area contributed by atoms with Gasteiger partial charge in [0.05, 0.1) is 0 Å². The molecule has 0 spiro atoms. The Kier molecular flexibility index (Phi) is 8.88. The lowest BCUT2D eigenvalue weighted by Crippen LogP contribution is -2.15. The van der Waals surface area contributed by atoms with Gasteiger partial charge in [0.1, 0.15) is 0 Å². The Balaban J connectivity index is 3.12. The van der Waals surface area contributed by atoms with Crippen molar-refractivity contribution in [1.29, 1.82) is 0 Å². The molecule has 0 aliphatic rings. The lowest BCUT2D eigenvalue weighted by atomic mass is 10.5. The molecule has 0 aromatic heterocycles. The summed E-state index contributed by atoms with van der Waals surface area (Å²) in [6.45, 7) is 10.4. The summed E-state index contributed by atoms with van der Waals surface area (Å²) in [6, 6.07) is 1.14. The number of hydrogen-bond donors (Lipinski definition) is 0. The highest BCUT2D eigenvalue weighted by Gasteiger charge is 2.01. The molecule has 0 fully saturated rings. The Labute approximate surface area is 77.3 Å². The highest BCUT2D eigenvalue weighted by atomic mass is 28.3. The summed E-state index contributed by atoms with van der Waals surface area (Å²) in [5.74, 6) is 0. The maximum absolute atomic E-state index is 5.63. The zero-order chi connectivity index (χ0) is 9.23. The quantitative estimate of drug-likeness (QED) is 0.428. The Morgan fingerprint density at radius 3 is 2.58 bits per heavy atom. The van der Waals surface area contributed by atoms with Gasteiger partial charge in [-0.05, 0) is 19.4 Å². The van der Waals surface area contributed by atoms with Gasteiger partial charge in [-0.25, -0.2) is 0 Å². The van der Waals surface area contributed by atoms with E-state index < -0.39 is 9.04 Å². The van der Waals surface area contributed by atoms with E-state index in [4.69, 9.17) is 9.16 Å². The van der Waals surface area contributed by atoms with Crippen molar-refractivity contribution in [3.63, 3.8) is 0 Å². The first-order valence-electron chi connectivity index (χ1n) is 4.67. The first kappa shape index (κ1) is 11.9. The average Bonchev–Trinajstić information content (AvgIpc) is 2.11. The van der Waals surface area contributed by atoms with Gasteiger partial charge in [-0.3, -0.25) is 0 Å². The van der Waals surface area contributed by atoms with Crippen molar-refractivity contribution in [2.45, 2.75) is 26.3 Å². The molecule has 0 heterocycles. The van der Waals surface area contributed by atoms with Crippen LogP contribution in [-0.2, 0) is 9.16 Å². The molecule has 0 saturated heterocycles. The second-order valence-electron chi connectivity index (χ2n) is 2.60. The second-order valence-corrected chi connectivity index (χ2v) is 5.30. The molecule has 0 aliphatic carbocycles. The van der Waals surface area contributed by atoms with Crippen LogP contribution in [0.2, 0.25) is 6.04 Å². The molecule has 2 nitrogen and oxygen atoms in total. The molecule has 0 N–H and O–H groups in total. The molecule has 0 amide bonds. The predicted molar refractivity (Wildman–Crippen MR) is 54.9 cm³/mol. The van der Waals surface area contributed by atoms with Crippen LogP contribution in [0.5, 0.6) is 0 Å². The summed E-state index contributed by atoms with van der Waals surface area (Å²) >= 11 is 0. The van der Waals surface area contributed by atoms with E-state index in [2.05, 4.69) is 13.5 Å². The van der Waals surface area contributed by atoms with E-state index in [1.165, 1.54) is 0 Å². The predicted octanol–water partition coefficient (Wildman–Crippen LogP) is 1.90. The van der Waals surface area contributed by atoms with Crippen LogP contribution in [0.4, 0.5) is 0 Å². The van der Waals surface area contributed by atoms with Crippen LogP contribution in [-0.4, -0.2) is 28.9 Å². The minimum absolute atomic E-state index is 0.802. The van der Waals surface area contributed by atoms with Crippen molar-refractivity contribution in [2.75, 3.05) is 19.8 Å². The monoisotopic (exact) mass is 188 g/mol. The molecule has 0 rings (SSSR count). The number of hydrogen-bond acceptors (Lipinski definition) is 2. The summed E-state index contributed by atoms with van der Waals surface area (Å²) in [7, 11) is -1.04. The molecule has 0 aromatic rings. The fourth-order valence-corrected chi connectivity index (χ4v) is 2.07.